The van der Waals surface area contributed by atoms with E-state index in [-0.39, 0.29) is 53.9 Å². The summed E-state index contributed by atoms with van der Waals surface area (Å²) in [7, 11) is 0. The average Bonchev–Trinajstić information content (AvgIpc) is 3.56. The van der Waals surface area contributed by atoms with E-state index in [0.717, 1.165) is 18.4 Å². The number of imidazole rings is 1. The van der Waals surface area contributed by atoms with Crippen molar-refractivity contribution in [1.29, 1.82) is 0 Å². The molecule has 5 aliphatic rings. The Kier molecular flexibility index (Phi) is 7.08. The number of ether oxygens (including phenoxy) is 1. The van der Waals surface area contributed by atoms with Crippen molar-refractivity contribution in [3.05, 3.63) is 41.0 Å². The molecule has 0 spiro atoms. The number of primary amides is 1. The largest absolute Gasteiger partial charge is 0.469 e. The van der Waals surface area contributed by atoms with Crippen LogP contribution in [0.4, 0.5) is 22.0 Å². The summed E-state index contributed by atoms with van der Waals surface area (Å²) in [5, 5.41) is 11.3. The van der Waals surface area contributed by atoms with Crippen molar-refractivity contribution in [1.82, 2.24) is 25.1 Å². The molecule has 0 saturated heterocycles. The molecule has 8 rings (SSSR count). The van der Waals surface area contributed by atoms with E-state index in [1.54, 1.807) is 18.5 Å². The third-order valence-corrected chi connectivity index (χ3v) is 9.85. The second-order valence-corrected chi connectivity index (χ2v) is 13.5. The number of nitrogens with zero attached hydrogens (tertiary/aromatic N) is 4. The lowest BCUT2D eigenvalue weighted by Gasteiger charge is -2.65. The molecule has 2 amide bonds. The first-order chi connectivity index (χ1) is 21.3. The van der Waals surface area contributed by atoms with E-state index >= 15 is 0 Å². The van der Waals surface area contributed by atoms with E-state index in [2.05, 4.69) is 15.6 Å². The van der Waals surface area contributed by atoms with Crippen LogP contribution < -0.4 is 15.8 Å². The summed E-state index contributed by atoms with van der Waals surface area (Å²) in [6.45, 7) is -1.05. The highest BCUT2D eigenvalue weighted by Crippen LogP contribution is 2.71. The van der Waals surface area contributed by atoms with Crippen molar-refractivity contribution in [2.75, 3.05) is 6.61 Å². The molecular formula is C30H33F5N6O4. The topological polar surface area (TPSA) is 138 Å². The van der Waals surface area contributed by atoms with Gasteiger partial charge in [0.05, 0.1) is 30.0 Å². The maximum Gasteiger partial charge on any atom is 0.272 e. The summed E-state index contributed by atoms with van der Waals surface area (Å²) >= 11 is 0. The SMILES string of the molecule is NC(=O)c1c(OCC(F)F)noc1[C@H](c1cn2ncc([C@H](NC(=O)CC34CC(F)(C3)C4)C3CC3)cc2n1)C1CCC(F)(F)CC1. The van der Waals surface area contributed by atoms with Crippen LogP contribution in [-0.2, 0) is 4.79 Å². The highest BCUT2D eigenvalue weighted by molar-refractivity contribution is 5.96. The van der Waals surface area contributed by atoms with E-state index < -0.39 is 61.1 Å². The van der Waals surface area contributed by atoms with Crippen LogP contribution >= 0.6 is 0 Å². The summed E-state index contributed by atoms with van der Waals surface area (Å²) in [6.07, 6.45) is 3.18. The van der Waals surface area contributed by atoms with Gasteiger partial charge >= 0.3 is 0 Å². The zero-order valence-electron chi connectivity index (χ0n) is 24.3. The number of fused-ring (bicyclic) bond motifs is 1. The molecule has 3 heterocycles. The number of carbonyl (C=O) groups excluding carboxylic acids is 2. The lowest BCUT2D eigenvalue weighted by atomic mass is 9.41. The van der Waals surface area contributed by atoms with E-state index in [1.165, 1.54) is 4.52 Å². The maximum atomic E-state index is 14.1. The van der Waals surface area contributed by atoms with Crippen LogP contribution in [0, 0.1) is 17.3 Å². The first-order valence-electron chi connectivity index (χ1n) is 15.2. The van der Waals surface area contributed by atoms with Gasteiger partial charge in [-0.25, -0.2) is 31.5 Å². The van der Waals surface area contributed by atoms with Crippen molar-refractivity contribution in [3.63, 3.8) is 0 Å². The molecule has 3 aromatic rings. The number of halogens is 5. The fourth-order valence-corrected chi connectivity index (χ4v) is 7.70. The zero-order chi connectivity index (χ0) is 31.7. The molecular weight excluding hydrogens is 603 g/mol. The Balaban J connectivity index is 1.19. The van der Waals surface area contributed by atoms with Crippen LogP contribution in [0.15, 0.2) is 23.0 Å². The molecule has 0 unspecified atom stereocenters. The fraction of sp³-hybridized carbons (Fsp3) is 0.633. The summed E-state index contributed by atoms with van der Waals surface area (Å²) in [4.78, 5) is 30.2. The molecule has 45 heavy (non-hydrogen) atoms. The number of nitrogens with two attached hydrogens (primary N) is 1. The molecule has 3 N–H and O–H groups in total. The molecule has 0 radical (unpaired) electrons. The minimum Gasteiger partial charge on any atom is -0.469 e. The number of hydrogen-bond acceptors (Lipinski definition) is 7. The van der Waals surface area contributed by atoms with Crippen molar-refractivity contribution >= 4 is 17.5 Å². The Hall–Kier alpha value is -3.78. The third kappa shape index (κ3) is 5.73. The number of carbonyl (C=O) groups is 2. The smallest absolute Gasteiger partial charge is 0.272 e. The van der Waals surface area contributed by atoms with Gasteiger partial charge in [-0.2, -0.15) is 5.10 Å². The van der Waals surface area contributed by atoms with Crippen LogP contribution in [0.3, 0.4) is 0 Å². The Morgan fingerprint density at radius 2 is 1.82 bits per heavy atom. The van der Waals surface area contributed by atoms with E-state index in [4.69, 9.17) is 20.0 Å². The highest BCUT2D eigenvalue weighted by Gasteiger charge is 2.69. The van der Waals surface area contributed by atoms with Gasteiger partial charge in [-0.05, 0) is 79.0 Å². The Labute approximate surface area is 254 Å². The molecule has 10 nitrogen and oxygen atoms in total. The molecule has 242 valence electrons. The first kappa shape index (κ1) is 29.9. The summed E-state index contributed by atoms with van der Waals surface area (Å²) in [5.74, 6) is -5.73. The number of hydrogen-bond donors (Lipinski definition) is 2. The van der Waals surface area contributed by atoms with Gasteiger partial charge in [-0.3, -0.25) is 9.59 Å². The van der Waals surface area contributed by atoms with Crippen LogP contribution in [0.1, 0.15) is 104 Å². The molecule has 5 saturated carbocycles. The van der Waals surface area contributed by atoms with Gasteiger partial charge in [0.15, 0.2) is 18.0 Å². The van der Waals surface area contributed by atoms with Gasteiger partial charge < -0.3 is 20.3 Å². The van der Waals surface area contributed by atoms with Crippen molar-refractivity contribution < 1.29 is 40.8 Å². The molecule has 5 fully saturated rings. The molecule has 3 aromatic heterocycles. The normalized spacial score (nSPS) is 27.1. The van der Waals surface area contributed by atoms with Crippen molar-refractivity contribution in [3.8, 4) is 5.88 Å². The number of aromatic nitrogens is 4. The quantitative estimate of drug-likeness (QED) is 0.259. The van der Waals surface area contributed by atoms with Crippen LogP contribution in [0.25, 0.3) is 5.65 Å². The number of rotatable bonds is 12. The standard InChI is InChI=1S/C30H33F5N6O4/c31-19(32)11-44-27-23(26(36)43)25(45-40-27)22(15-3-5-30(34,35)6-4-15)18-10-41-20(38-18)7-17(9-37-41)24(16-1-2-16)39-21(42)8-28-12-29(33,13-28)14-28/h7,9-10,15-16,19,22,24H,1-6,8,11-14H2,(H2,36,43)(H,39,42)/t22-,24+,28?,29?/m0/s1. The second kappa shape index (κ2) is 10.6. The van der Waals surface area contributed by atoms with Gasteiger partial charge in [0.25, 0.3) is 18.2 Å². The number of amides is 2. The second-order valence-electron chi connectivity index (χ2n) is 13.5. The van der Waals surface area contributed by atoms with Crippen LogP contribution in [0.5, 0.6) is 5.88 Å². The minimum absolute atomic E-state index is 0.0666. The molecule has 2 bridgehead atoms. The fourth-order valence-electron chi connectivity index (χ4n) is 7.70. The predicted molar refractivity (Wildman–Crippen MR) is 147 cm³/mol. The van der Waals surface area contributed by atoms with E-state index in [1.807, 2.05) is 0 Å². The lowest BCUT2D eigenvalue weighted by Crippen LogP contribution is -2.65. The monoisotopic (exact) mass is 636 g/mol. The first-order valence-corrected chi connectivity index (χ1v) is 15.2. The predicted octanol–water partition coefficient (Wildman–Crippen LogP) is 5.27. The van der Waals surface area contributed by atoms with E-state index in [0.29, 0.717) is 30.6 Å². The lowest BCUT2D eigenvalue weighted by molar-refractivity contribution is -0.215. The Bertz CT molecular complexity index is 1610. The van der Waals surface area contributed by atoms with Crippen molar-refractivity contribution in [2.24, 2.45) is 23.0 Å². The molecule has 0 aromatic carbocycles. The molecule has 5 aliphatic carbocycles. The average molecular weight is 637 g/mol. The van der Waals surface area contributed by atoms with E-state index in [9.17, 15) is 31.5 Å². The number of alkyl halides is 5. The van der Waals surface area contributed by atoms with Gasteiger partial charge in [-0.1, -0.05) is 0 Å². The van der Waals surface area contributed by atoms with Gasteiger partial charge in [0.2, 0.25) is 11.8 Å². The van der Waals surface area contributed by atoms with Crippen molar-refractivity contribution in [2.45, 2.75) is 94.2 Å². The molecule has 0 aliphatic heterocycles. The summed E-state index contributed by atoms with van der Waals surface area (Å²) in [5.41, 5.74) is 5.44. The van der Waals surface area contributed by atoms with Gasteiger partial charge in [-0.15, -0.1) is 0 Å². The third-order valence-electron chi connectivity index (χ3n) is 9.85. The molecule has 15 heteroatoms. The van der Waals surface area contributed by atoms with Crippen LogP contribution in [-0.4, -0.2) is 56.2 Å². The molecule has 2 atom stereocenters. The zero-order valence-corrected chi connectivity index (χ0v) is 24.3. The highest BCUT2D eigenvalue weighted by atomic mass is 19.3. The summed E-state index contributed by atoms with van der Waals surface area (Å²) in [6, 6.07) is 1.49. The Morgan fingerprint density at radius 1 is 1.11 bits per heavy atom. The minimum atomic E-state index is -2.85. The Morgan fingerprint density at radius 3 is 2.44 bits per heavy atom. The van der Waals surface area contributed by atoms with Gasteiger partial charge in [0.1, 0.15) is 11.2 Å². The number of nitrogens with one attached hydrogen (secondary N) is 1. The van der Waals surface area contributed by atoms with Gasteiger partial charge in [0, 0.05) is 19.3 Å². The maximum absolute atomic E-state index is 14.1. The van der Waals surface area contributed by atoms with Crippen LogP contribution in [0.2, 0.25) is 0 Å². The summed E-state index contributed by atoms with van der Waals surface area (Å²) < 4.78 is 79.9.